The number of carbonyl (C=O) groups is 2. The predicted octanol–water partition coefficient (Wildman–Crippen LogP) is 3.35. The molecule has 174 valence electrons. The molecule has 0 N–H and O–H groups in total. The molecule has 0 heterocycles. The molecule has 0 radical (unpaired) electrons. The van der Waals surface area contributed by atoms with Gasteiger partial charge in [-0.3, -0.25) is 9.69 Å². The lowest BCUT2D eigenvalue weighted by molar-refractivity contribution is -0.121. The molecule has 0 spiro atoms. The van der Waals surface area contributed by atoms with E-state index in [0.717, 1.165) is 32.1 Å². The number of ether oxygens (including phenoxy) is 1. The second-order valence-electron chi connectivity index (χ2n) is 7.89. The van der Waals surface area contributed by atoms with Crippen molar-refractivity contribution in [3.63, 3.8) is 0 Å². The van der Waals surface area contributed by atoms with Crippen LogP contribution in [0.4, 0.5) is 5.69 Å². The molecule has 2 aromatic rings. The molecule has 0 unspecified atom stereocenters. The number of carbonyl (C=O) groups excluding carboxylic acids is 2. The van der Waals surface area contributed by atoms with Crippen LogP contribution in [-0.2, 0) is 19.6 Å². The average Bonchev–Trinajstić information content (AvgIpc) is 2.86. The van der Waals surface area contributed by atoms with Crippen LogP contribution in [0.3, 0.4) is 0 Å². The molecule has 0 bridgehead atoms. The Kier molecular flexibility index (Phi) is 8.20. The third-order valence-electron chi connectivity index (χ3n) is 5.78. The molecule has 1 saturated carbocycles. The molecule has 0 atom stereocenters. The average molecular weight is 470 g/mol. The number of para-hydroxylation sites is 1. The summed E-state index contributed by atoms with van der Waals surface area (Å²) in [5.41, 5.74) is 0.658. The molecule has 2 aromatic carbocycles. The standard InChI is InChI=1S/C24H27N3O5S/c1-26(20-8-4-2-5-9-20)33(30,31)22-14-12-19(13-15-22)24(29)32-18-23(28)27(17-16-25)21-10-6-3-7-11-21/h3,6-7,10-15,20H,2,4-5,8-9,17-18H2,1H3. The smallest absolute Gasteiger partial charge is 0.338 e. The van der Waals surface area contributed by atoms with E-state index in [1.807, 2.05) is 6.07 Å². The van der Waals surface area contributed by atoms with Crippen LogP contribution in [0.1, 0.15) is 42.5 Å². The van der Waals surface area contributed by atoms with E-state index in [4.69, 9.17) is 10.00 Å². The highest BCUT2D eigenvalue weighted by Gasteiger charge is 2.29. The molecule has 1 fully saturated rings. The van der Waals surface area contributed by atoms with E-state index in [2.05, 4.69) is 0 Å². The molecular weight excluding hydrogens is 442 g/mol. The van der Waals surface area contributed by atoms with Crippen molar-refractivity contribution in [3.8, 4) is 6.07 Å². The van der Waals surface area contributed by atoms with Crippen LogP contribution in [0.5, 0.6) is 0 Å². The first-order valence-electron chi connectivity index (χ1n) is 10.8. The van der Waals surface area contributed by atoms with Gasteiger partial charge in [-0.25, -0.2) is 13.2 Å². The Morgan fingerprint density at radius 3 is 2.27 bits per heavy atom. The first-order chi connectivity index (χ1) is 15.8. The lowest BCUT2D eigenvalue weighted by Crippen LogP contribution is -2.38. The minimum atomic E-state index is -3.67. The summed E-state index contributed by atoms with van der Waals surface area (Å²) in [5.74, 6) is -1.29. The van der Waals surface area contributed by atoms with Gasteiger partial charge in [0.25, 0.3) is 5.91 Å². The van der Waals surface area contributed by atoms with Gasteiger partial charge in [0.2, 0.25) is 10.0 Å². The Bertz CT molecular complexity index is 1110. The SMILES string of the molecule is CN(C1CCCCC1)S(=O)(=O)c1ccc(C(=O)OCC(=O)N(CC#N)c2ccccc2)cc1. The first kappa shape index (κ1) is 24.4. The van der Waals surface area contributed by atoms with Crippen LogP contribution < -0.4 is 4.90 Å². The lowest BCUT2D eigenvalue weighted by atomic mass is 9.96. The monoisotopic (exact) mass is 469 g/mol. The fraction of sp³-hybridized carbons (Fsp3) is 0.375. The Morgan fingerprint density at radius 2 is 1.67 bits per heavy atom. The third kappa shape index (κ3) is 5.97. The second kappa shape index (κ2) is 11.1. The maximum atomic E-state index is 12.9. The normalized spacial score (nSPS) is 14.5. The van der Waals surface area contributed by atoms with Gasteiger partial charge in [-0.15, -0.1) is 0 Å². The molecule has 1 amide bonds. The number of amides is 1. The first-order valence-corrected chi connectivity index (χ1v) is 12.3. The van der Waals surface area contributed by atoms with Crippen LogP contribution in [0.25, 0.3) is 0 Å². The van der Waals surface area contributed by atoms with Crippen molar-refractivity contribution in [1.29, 1.82) is 5.26 Å². The summed E-state index contributed by atoms with van der Waals surface area (Å²) in [6.07, 6.45) is 4.86. The van der Waals surface area contributed by atoms with Gasteiger partial charge >= 0.3 is 5.97 Å². The van der Waals surface area contributed by atoms with E-state index in [9.17, 15) is 18.0 Å². The summed E-state index contributed by atoms with van der Waals surface area (Å²) < 4.78 is 32.4. The van der Waals surface area contributed by atoms with Gasteiger partial charge in [-0.1, -0.05) is 37.5 Å². The van der Waals surface area contributed by atoms with Crippen molar-refractivity contribution in [3.05, 3.63) is 60.2 Å². The van der Waals surface area contributed by atoms with E-state index in [0.29, 0.717) is 5.69 Å². The number of sulfonamides is 1. The van der Waals surface area contributed by atoms with Gasteiger partial charge in [0, 0.05) is 18.8 Å². The Morgan fingerprint density at radius 1 is 1.03 bits per heavy atom. The van der Waals surface area contributed by atoms with Crippen LogP contribution in [-0.4, -0.2) is 50.8 Å². The third-order valence-corrected chi connectivity index (χ3v) is 7.70. The molecule has 1 aliphatic carbocycles. The number of esters is 1. The quantitative estimate of drug-likeness (QED) is 0.433. The van der Waals surface area contributed by atoms with Gasteiger partial charge in [-0.05, 0) is 49.2 Å². The summed E-state index contributed by atoms with van der Waals surface area (Å²) in [7, 11) is -2.07. The topological polar surface area (TPSA) is 108 Å². The molecule has 9 heteroatoms. The van der Waals surface area contributed by atoms with E-state index >= 15 is 0 Å². The van der Waals surface area contributed by atoms with Crippen LogP contribution in [0.2, 0.25) is 0 Å². The molecule has 3 rings (SSSR count). The Hall–Kier alpha value is -3.22. The highest BCUT2D eigenvalue weighted by molar-refractivity contribution is 7.89. The number of rotatable bonds is 8. The maximum absolute atomic E-state index is 12.9. The molecule has 1 aliphatic rings. The summed E-state index contributed by atoms with van der Waals surface area (Å²) in [6, 6.07) is 16.0. The number of nitriles is 1. The molecule has 0 aromatic heterocycles. The van der Waals surface area contributed by atoms with E-state index in [1.165, 1.54) is 33.5 Å². The maximum Gasteiger partial charge on any atom is 0.338 e. The van der Waals surface area contributed by atoms with E-state index < -0.39 is 28.5 Å². The Balaban J connectivity index is 1.63. The lowest BCUT2D eigenvalue weighted by Gasteiger charge is -2.30. The molecule has 33 heavy (non-hydrogen) atoms. The minimum Gasteiger partial charge on any atom is -0.452 e. The molecule has 0 aliphatic heterocycles. The van der Waals surface area contributed by atoms with Crippen LogP contribution in [0, 0.1) is 11.3 Å². The van der Waals surface area contributed by atoms with E-state index in [1.54, 1.807) is 37.4 Å². The van der Waals surface area contributed by atoms with Crippen molar-refractivity contribution >= 4 is 27.6 Å². The van der Waals surface area contributed by atoms with Crippen LogP contribution >= 0.6 is 0 Å². The number of anilines is 1. The van der Waals surface area contributed by atoms with Gasteiger partial charge < -0.3 is 4.74 Å². The number of nitrogens with zero attached hydrogens (tertiary/aromatic N) is 3. The summed E-state index contributed by atoms with van der Waals surface area (Å²) in [4.78, 5) is 26.2. The largest absolute Gasteiger partial charge is 0.452 e. The minimum absolute atomic E-state index is 0.0135. The van der Waals surface area contributed by atoms with Crippen molar-refractivity contribution in [1.82, 2.24) is 4.31 Å². The van der Waals surface area contributed by atoms with E-state index in [-0.39, 0.29) is 23.0 Å². The highest BCUT2D eigenvalue weighted by Crippen LogP contribution is 2.26. The van der Waals surface area contributed by atoms with Gasteiger partial charge in [0.1, 0.15) is 6.54 Å². The Labute approximate surface area is 194 Å². The number of hydrogen-bond acceptors (Lipinski definition) is 6. The number of benzene rings is 2. The molecule has 8 nitrogen and oxygen atoms in total. The predicted molar refractivity (Wildman–Crippen MR) is 123 cm³/mol. The zero-order chi connectivity index (χ0) is 23.8. The van der Waals surface area contributed by atoms with Crippen molar-refractivity contribution in [2.45, 2.75) is 43.0 Å². The van der Waals surface area contributed by atoms with Crippen molar-refractivity contribution in [2.75, 3.05) is 25.1 Å². The van der Waals surface area contributed by atoms with Crippen molar-refractivity contribution in [2.24, 2.45) is 0 Å². The zero-order valence-corrected chi connectivity index (χ0v) is 19.3. The zero-order valence-electron chi connectivity index (χ0n) is 18.5. The summed E-state index contributed by atoms with van der Waals surface area (Å²) in [6.45, 7) is -0.721. The molecular formula is C24H27N3O5S. The summed E-state index contributed by atoms with van der Waals surface area (Å²) >= 11 is 0. The molecule has 0 saturated heterocycles. The van der Waals surface area contributed by atoms with Gasteiger partial charge in [0.15, 0.2) is 6.61 Å². The number of hydrogen-bond donors (Lipinski definition) is 0. The van der Waals surface area contributed by atoms with Gasteiger partial charge in [0.05, 0.1) is 16.5 Å². The second-order valence-corrected chi connectivity index (χ2v) is 9.88. The highest BCUT2D eigenvalue weighted by atomic mass is 32.2. The van der Waals surface area contributed by atoms with Crippen LogP contribution in [0.15, 0.2) is 59.5 Å². The van der Waals surface area contributed by atoms with Gasteiger partial charge in [-0.2, -0.15) is 9.57 Å². The fourth-order valence-corrected chi connectivity index (χ4v) is 5.28. The fourth-order valence-electron chi connectivity index (χ4n) is 3.86. The van der Waals surface area contributed by atoms with Crippen molar-refractivity contribution < 1.29 is 22.7 Å². The summed E-state index contributed by atoms with van der Waals surface area (Å²) in [5, 5.41) is 9.01.